The van der Waals surface area contributed by atoms with Gasteiger partial charge in [-0.3, -0.25) is 0 Å². The number of nitrogens with one attached hydrogen (secondary N) is 1. The summed E-state index contributed by atoms with van der Waals surface area (Å²) in [6, 6.07) is 1.85. The molecule has 0 aromatic carbocycles. The predicted octanol–water partition coefficient (Wildman–Crippen LogP) is 2.40. The number of anilines is 2. The van der Waals surface area contributed by atoms with Crippen molar-refractivity contribution in [3.05, 3.63) is 22.7 Å². The molecule has 0 saturated heterocycles. The lowest BCUT2D eigenvalue weighted by atomic mass is 10.2. The van der Waals surface area contributed by atoms with E-state index in [1.165, 1.54) is 11.5 Å². The van der Waals surface area contributed by atoms with Crippen molar-refractivity contribution in [3.8, 4) is 0 Å². The zero-order chi connectivity index (χ0) is 10.7. The number of nitrogens with zero attached hydrogens (tertiary/aromatic N) is 2. The SMILES string of the molecule is CC(CNc1cc(N)ns1)c1nccs1. The van der Waals surface area contributed by atoms with E-state index in [0.29, 0.717) is 11.7 Å². The molecule has 4 nitrogen and oxygen atoms in total. The van der Waals surface area contributed by atoms with Gasteiger partial charge in [0.25, 0.3) is 0 Å². The second-order valence-corrected chi connectivity index (χ2v) is 5.00. The third-order valence-corrected chi connectivity index (χ3v) is 3.75. The van der Waals surface area contributed by atoms with Gasteiger partial charge in [0.1, 0.15) is 10.8 Å². The van der Waals surface area contributed by atoms with Gasteiger partial charge in [-0.25, -0.2) is 4.98 Å². The number of nitrogens with two attached hydrogens (primary N) is 1. The van der Waals surface area contributed by atoms with E-state index in [1.54, 1.807) is 11.3 Å². The lowest BCUT2D eigenvalue weighted by molar-refractivity contribution is 0.796. The van der Waals surface area contributed by atoms with Crippen molar-refractivity contribution in [2.45, 2.75) is 12.8 Å². The highest BCUT2D eigenvalue weighted by Gasteiger charge is 2.08. The van der Waals surface area contributed by atoms with Gasteiger partial charge >= 0.3 is 0 Å². The molecule has 0 spiro atoms. The van der Waals surface area contributed by atoms with Crippen LogP contribution in [-0.4, -0.2) is 15.9 Å². The third kappa shape index (κ3) is 2.66. The standard InChI is InChI=1S/C9H12N4S2/c1-6(9-11-2-3-14-9)5-12-8-4-7(10)13-15-8/h2-4,6,12H,5H2,1H3,(H2,10,13). The third-order valence-electron chi connectivity index (χ3n) is 1.98. The number of nitrogen functional groups attached to an aromatic ring is 1. The fourth-order valence-electron chi connectivity index (χ4n) is 1.19. The van der Waals surface area contributed by atoms with Crippen LogP contribution in [0.2, 0.25) is 0 Å². The van der Waals surface area contributed by atoms with Crippen LogP contribution >= 0.6 is 22.9 Å². The van der Waals surface area contributed by atoms with E-state index in [1.807, 2.05) is 17.6 Å². The maximum atomic E-state index is 5.53. The van der Waals surface area contributed by atoms with E-state index in [9.17, 15) is 0 Å². The van der Waals surface area contributed by atoms with Gasteiger partial charge in [0.05, 0.1) is 5.01 Å². The van der Waals surface area contributed by atoms with Crippen molar-refractivity contribution in [2.24, 2.45) is 0 Å². The average molecular weight is 240 g/mol. The Bertz CT molecular complexity index is 409. The van der Waals surface area contributed by atoms with Gasteiger partial charge in [0.15, 0.2) is 0 Å². The monoisotopic (exact) mass is 240 g/mol. The summed E-state index contributed by atoms with van der Waals surface area (Å²) >= 11 is 3.07. The first-order chi connectivity index (χ1) is 7.25. The summed E-state index contributed by atoms with van der Waals surface area (Å²) in [6.45, 7) is 3.01. The topological polar surface area (TPSA) is 63.8 Å². The summed E-state index contributed by atoms with van der Waals surface area (Å²) < 4.78 is 4.00. The Kier molecular flexibility index (Phi) is 3.17. The molecule has 6 heteroatoms. The van der Waals surface area contributed by atoms with Crippen molar-refractivity contribution in [3.63, 3.8) is 0 Å². The van der Waals surface area contributed by atoms with Crippen LogP contribution in [-0.2, 0) is 0 Å². The lowest BCUT2D eigenvalue weighted by Crippen LogP contribution is -2.08. The Hall–Kier alpha value is -1.14. The molecular weight excluding hydrogens is 228 g/mol. The van der Waals surface area contributed by atoms with Crippen LogP contribution in [0.1, 0.15) is 17.8 Å². The largest absolute Gasteiger partial charge is 0.383 e. The molecule has 0 aliphatic rings. The van der Waals surface area contributed by atoms with Crippen LogP contribution < -0.4 is 11.1 Å². The number of hydrogen-bond acceptors (Lipinski definition) is 6. The van der Waals surface area contributed by atoms with Gasteiger partial charge in [0.2, 0.25) is 0 Å². The highest BCUT2D eigenvalue weighted by molar-refractivity contribution is 7.10. The summed E-state index contributed by atoms with van der Waals surface area (Å²) in [5.74, 6) is 0.984. The summed E-state index contributed by atoms with van der Waals surface area (Å²) in [5.41, 5.74) is 5.53. The second kappa shape index (κ2) is 4.59. The first-order valence-corrected chi connectivity index (χ1v) is 6.26. The molecule has 2 aromatic heterocycles. The molecule has 3 N–H and O–H groups in total. The molecule has 0 aliphatic carbocycles. The molecule has 0 saturated carbocycles. The number of rotatable bonds is 4. The van der Waals surface area contributed by atoms with Crippen molar-refractivity contribution < 1.29 is 0 Å². The number of hydrogen-bond donors (Lipinski definition) is 2. The summed E-state index contributed by atoms with van der Waals surface area (Å²) in [7, 11) is 0. The molecule has 2 aromatic rings. The second-order valence-electron chi connectivity index (χ2n) is 3.27. The first kappa shape index (κ1) is 10.4. The van der Waals surface area contributed by atoms with Gasteiger partial charge in [0, 0.05) is 30.1 Å². The first-order valence-electron chi connectivity index (χ1n) is 4.61. The molecule has 80 valence electrons. The molecule has 0 radical (unpaired) electrons. The highest BCUT2D eigenvalue weighted by Crippen LogP contribution is 2.21. The summed E-state index contributed by atoms with van der Waals surface area (Å²) in [5, 5.41) is 7.46. The fourth-order valence-corrected chi connectivity index (χ4v) is 2.47. The maximum Gasteiger partial charge on any atom is 0.139 e. The molecule has 0 aliphatic heterocycles. The lowest BCUT2D eigenvalue weighted by Gasteiger charge is -2.08. The van der Waals surface area contributed by atoms with E-state index in [2.05, 4.69) is 21.6 Å². The Morgan fingerprint density at radius 3 is 3.07 bits per heavy atom. The smallest absolute Gasteiger partial charge is 0.139 e. The molecule has 1 atom stereocenters. The van der Waals surface area contributed by atoms with Crippen LogP contribution in [0.3, 0.4) is 0 Å². The Balaban J connectivity index is 1.88. The highest BCUT2D eigenvalue weighted by atomic mass is 32.1. The van der Waals surface area contributed by atoms with Gasteiger partial charge in [-0.2, -0.15) is 4.37 Å². The van der Waals surface area contributed by atoms with Gasteiger partial charge in [-0.15, -0.1) is 11.3 Å². The molecule has 2 heterocycles. The van der Waals surface area contributed by atoms with Crippen molar-refractivity contribution in [1.82, 2.24) is 9.36 Å². The minimum absolute atomic E-state index is 0.410. The molecule has 0 bridgehead atoms. The quantitative estimate of drug-likeness (QED) is 0.861. The van der Waals surface area contributed by atoms with Gasteiger partial charge in [-0.1, -0.05) is 6.92 Å². The molecule has 1 unspecified atom stereocenters. The number of thiazole rings is 1. The van der Waals surface area contributed by atoms with Crippen molar-refractivity contribution in [2.75, 3.05) is 17.6 Å². The molecule has 2 rings (SSSR count). The normalized spacial score (nSPS) is 12.6. The van der Waals surface area contributed by atoms with Crippen molar-refractivity contribution >= 4 is 33.7 Å². The Morgan fingerprint density at radius 2 is 2.47 bits per heavy atom. The van der Waals surface area contributed by atoms with E-state index < -0.39 is 0 Å². The van der Waals surface area contributed by atoms with Crippen molar-refractivity contribution in [1.29, 1.82) is 0 Å². The van der Waals surface area contributed by atoms with Crippen LogP contribution in [0.4, 0.5) is 10.8 Å². The zero-order valence-corrected chi connectivity index (χ0v) is 9.94. The van der Waals surface area contributed by atoms with Crippen LogP contribution in [0.5, 0.6) is 0 Å². The van der Waals surface area contributed by atoms with Gasteiger partial charge < -0.3 is 11.1 Å². The van der Waals surface area contributed by atoms with Crippen LogP contribution in [0.15, 0.2) is 17.6 Å². The van der Waals surface area contributed by atoms with E-state index in [0.717, 1.165) is 16.6 Å². The average Bonchev–Trinajstić information content (AvgIpc) is 2.84. The molecular formula is C9H12N4S2. The minimum atomic E-state index is 0.410. The fraction of sp³-hybridized carbons (Fsp3) is 0.333. The minimum Gasteiger partial charge on any atom is -0.383 e. The van der Waals surface area contributed by atoms with Crippen LogP contribution in [0.25, 0.3) is 0 Å². The molecule has 15 heavy (non-hydrogen) atoms. The van der Waals surface area contributed by atoms with E-state index in [-0.39, 0.29) is 0 Å². The van der Waals surface area contributed by atoms with Gasteiger partial charge in [-0.05, 0) is 11.5 Å². The van der Waals surface area contributed by atoms with Crippen LogP contribution in [0, 0.1) is 0 Å². The summed E-state index contributed by atoms with van der Waals surface area (Å²) in [6.07, 6.45) is 1.83. The van der Waals surface area contributed by atoms with E-state index >= 15 is 0 Å². The molecule has 0 fully saturated rings. The Labute approximate surface area is 96.3 Å². The Morgan fingerprint density at radius 1 is 1.60 bits per heavy atom. The predicted molar refractivity (Wildman–Crippen MR) is 65.5 cm³/mol. The summed E-state index contributed by atoms with van der Waals surface area (Å²) in [4.78, 5) is 4.28. The number of aromatic nitrogens is 2. The maximum absolute atomic E-state index is 5.53. The van der Waals surface area contributed by atoms with E-state index in [4.69, 9.17) is 5.73 Å². The zero-order valence-electron chi connectivity index (χ0n) is 8.30. The molecule has 0 amide bonds.